The van der Waals surface area contributed by atoms with Crippen molar-refractivity contribution in [3.63, 3.8) is 0 Å². The van der Waals surface area contributed by atoms with Gasteiger partial charge in [-0.25, -0.2) is 4.98 Å². The number of amides is 1. The first-order valence-corrected chi connectivity index (χ1v) is 9.19. The molecule has 1 aromatic carbocycles. The lowest BCUT2D eigenvalue weighted by atomic mass is 10.1. The van der Waals surface area contributed by atoms with E-state index in [2.05, 4.69) is 39.0 Å². The molecule has 1 aliphatic heterocycles. The minimum atomic E-state index is 0.198. The van der Waals surface area contributed by atoms with Gasteiger partial charge in [-0.2, -0.15) is 0 Å². The lowest BCUT2D eigenvalue weighted by Crippen LogP contribution is -2.36. The molecule has 1 saturated carbocycles. The molecule has 5 heteroatoms. The van der Waals surface area contributed by atoms with Gasteiger partial charge in [0.05, 0.1) is 0 Å². The van der Waals surface area contributed by atoms with E-state index in [0.29, 0.717) is 11.8 Å². The van der Waals surface area contributed by atoms with Gasteiger partial charge >= 0.3 is 0 Å². The van der Waals surface area contributed by atoms with Crippen LogP contribution in [0.5, 0.6) is 0 Å². The SMILES string of the molecule is O=C(C1CC1c1ccccc1)N1CCCN(c2nccs2)CC1. The average molecular weight is 327 g/mol. The summed E-state index contributed by atoms with van der Waals surface area (Å²) < 4.78 is 0. The molecular formula is C18H21N3OS. The summed E-state index contributed by atoms with van der Waals surface area (Å²) in [6, 6.07) is 10.4. The van der Waals surface area contributed by atoms with Gasteiger partial charge in [-0.3, -0.25) is 4.79 Å². The number of hydrogen-bond donors (Lipinski definition) is 0. The zero-order valence-corrected chi connectivity index (χ0v) is 13.9. The first-order chi connectivity index (χ1) is 11.3. The van der Waals surface area contributed by atoms with Gasteiger partial charge < -0.3 is 9.80 Å². The number of rotatable bonds is 3. The van der Waals surface area contributed by atoms with Gasteiger partial charge in [0.2, 0.25) is 5.91 Å². The monoisotopic (exact) mass is 327 g/mol. The average Bonchev–Trinajstić information content (AvgIpc) is 3.29. The third-order valence-electron chi connectivity index (χ3n) is 4.83. The second-order valence-electron chi connectivity index (χ2n) is 6.34. The molecule has 2 unspecified atom stereocenters. The molecule has 2 heterocycles. The van der Waals surface area contributed by atoms with Crippen molar-refractivity contribution in [3.8, 4) is 0 Å². The Balaban J connectivity index is 1.37. The minimum Gasteiger partial charge on any atom is -0.346 e. The molecule has 4 nitrogen and oxygen atoms in total. The number of hydrogen-bond acceptors (Lipinski definition) is 4. The van der Waals surface area contributed by atoms with Gasteiger partial charge in [0.1, 0.15) is 0 Å². The lowest BCUT2D eigenvalue weighted by Gasteiger charge is -2.22. The number of benzene rings is 1. The molecule has 1 amide bonds. The first kappa shape index (κ1) is 14.7. The largest absolute Gasteiger partial charge is 0.346 e. The molecule has 2 fully saturated rings. The molecule has 23 heavy (non-hydrogen) atoms. The summed E-state index contributed by atoms with van der Waals surface area (Å²) in [5, 5.41) is 3.09. The van der Waals surface area contributed by atoms with E-state index in [-0.39, 0.29) is 5.92 Å². The van der Waals surface area contributed by atoms with Crippen molar-refractivity contribution in [2.45, 2.75) is 18.8 Å². The Kier molecular flexibility index (Phi) is 4.04. The van der Waals surface area contributed by atoms with Crippen molar-refractivity contribution in [2.75, 3.05) is 31.1 Å². The van der Waals surface area contributed by atoms with Gasteiger partial charge in [-0.15, -0.1) is 11.3 Å². The maximum Gasteiger partial charge on any atom is 0.226 e. The third-order valence-corrected chi connectivity index (χ3v) is 5.66. The maximum atomic E-state index is 12.8. The highest BCUT2D eigenvalue weighted by Crippen LogP contribution is 2.48. The first-order valence-electron chi connectivity index (χ1n) is 8.31. The third kappa shape index (κ3) is 3.11. The fourth-order valence-corrected chi connectivity index (χ4v) is 4.17. The minimum absolute atomic E-state index is 0.198. The van der Waals surface area contributed by atoms with Crippen molar-refractivity contribution in [3.05, 3.63) is 47.5 Å². The van der Waals surface area contributed by atoms with Crippen LogP contribution in [0.1, 0.15) is 24.3 Å². The number of nitrogens with zero attached hydrogens (tertiary/aromatic N) is 3. The van der Waals surface area contributed by atoms with E-state index in [1.807, 2.05) is 17.6 Å². The Hall–Kier alpha value is -1.88. The van der Waals surface area contributed by atoms with Crippen LogP contribution >= 0.6 is 11.3 Å². The summed E-state index contributed by atoms with van der Waals surface area (Å²) in [7, 11) is 0. The van der Waals surface area contributed by atoms with Gasteiger partial charge in [0.15, 0.2) is 5.13 Å². The standard InChI is InChI=1S/C18H21N3OS/c22-17(16-13-15(16)14-5-2-1-3-6-14)20-8-4-9-21(11-10-20)18-19-7-12-23-18/h1-3,5-7,12,15-16H,4,8-11,13H2. The highest BCUT2D eigenvalue weighted by atomic mass is 32.1. The molecular weight excluding hydrogens is 306 g/mol. The van der Waals surface area contributed by atoms with E-state index >= 15 is 0 Å². The van der Waals surface area contributed by atoms with Crippen LogP contribution in [-0.2, 0) is 4.79 Å². The van der Waals surface area contributed by atoms with E-state index in [1.165, 1.54) is 5.56 Å². The summed E-state index contributed by atoms with van der Waals surface area (Å²) in [6.07, 6.45) is 3.88. The molecule has 0 radical (unpaired) electrons. The molecule has 1 aliphatic carbocycles. The highest BCUT2D eigenvalue weighted by Gasteiger charge is 2.45. The molecule has 1 aromatic heterocycles. The van der Waals surface area contributed by atoms with Crippen LogP contribution in [0.4, 0.5) is 5.13 Å². The zero-order chi connectivity index (χ0) is 15.6. The van der Waals surface area contributed by atoms with Crippen LogP contribution in [0, 0.1) is 5.92 Å². The van der Waals surface area contributed by atoms with Crippen molar-refractivity contribution in [1.82, 2.24) is 9.88 Å². The van der Waals surface area contributed by atoms with Crippen LogP contribution in [0.25, 0.3) is 0 Å². The molecule has 0 spiro atoms. The van der Waals surface area contributed by atoms with Crippen LogP contribution in [-0.4, -0.2) is 42.0 Å². The van der Waals surface area contributed by atoms with Crippen molar-refractivity contribution < 1.29 is 4.79 Å². The summed E-state index contributed by atoms with van der Waals surface area (Å²) in [5.41, 5.74) is 1.31. The maximum absolute atomic E-state index is 12.8. The molecule has 0 N–H and O–H groups in total. The van der Waals surface area contributed by atoms with Gasteiger partial charge in [-0.05, 0) is 24.3 Å². The summed E-state index contributed by atoms with van der Waals surface area (Å²) >= 11 is 1.68. The Bertz CT molecular complexity index is 658. The van der Waals surface area contributed by atoms with Crippen molar-refractivity contribution >= 4 is 22.4 Å². The Morgan fingerprint density at radius 1 is 1.13 bits per heavy atom. The van der Waals surface area contributed by atoms with Crippen molar-refractivity contribution in [2.24, 2.45) is 5.92 Å². The zero-order valence-electron chi connectivity index (χ0n) is 13.1. The van der Waals surface area contributed by atoms with Crippen molar-refractivity contribution in [1.29, 1.82) is 0 Å². The summed E-state index contributed by atoms with van der Waals surface area (Å²) in [5.74, 6) is 0.977. The fourth-order valence-electron chi connectivity index (χ4n) is 3.47. The fraction of sp³-hybridized carbons (Fsp3) is 0.444. The molecule has 2 aliphatic rings. The number of thiazole rings is 1. The Labute approximate surface area is 140 Å². The van der Waals surface area contributed by atoms with Crippen LogP contribution in [0.3, 0.4) is 0 Å². The molecule has 2 aromatic rings. The number of anilines is 1. The smallest absolute Gasteiger partial charge is 0.226 e. The molecule has 0 bridgehead atoms. The second-order valence-corrected chi connectivity index (χ2v) is 7.21. The van der Waals surface area contributed by atoms with E-state index < -0.39 is 0 Å². The highest BCUT2D eigenvalue weighted by molar-refractivity contribution is 7.13. The predicted octanol–water partition coefficient (Wildman–Crippen LogP) is 2.99. The quantitative estimate of drug-likeness (QED) is 0.869. The topological polar surface area (TPSA) is 36.4 Å². The van der Waals surface area contributed by atoms with Gasteiger partial charge in [0, 0.05) is 43.7 Å². The van der Waals surface area contributed by atoms with Crippen LogP contribution in [0.2, 0.25) is 0 Å². The van der Waals surface area contributed by atoms with E-state index in [1.54, 1.807) is 11.3 Å². The van der Waals surface area contributed by atoms with E-state index in [4.69, 9.17) is 0 Å². The Morgan fingerprint density at radius 2 is 2.00 bits per heavy atom. The number of carbonyl (C=O) groups is 1. The molecule has 2 atom stereocenters. The second kappa shape index (κ2) is 6.32. The van der Waals surface area contributed by atoms with Crippen LogP contribution < -0.4 is 4.90 Å². The molecule has 1 saturated heterocycles. The predicted molar refractivity (Wildman–Crippen MR) is 92.8 cm³/mol. The molecule has 120 valence electrons. The van der Waals surface area contributed by atoms with E-state index in [0.717, 1.165) is 44.2 Å². The number of carbonyl (C=O) groups excluding carboxylic acids is 1. The molecule has 4 rings (SSSR count). The number of aromatic nitrogens is 1. The summed E-state index contributed by atoms with van der Waals surface area (Å²) in [4.78, 5) is 21.6. The van der Waals surface area contributed by atoms with Gasteiger partial charge in [-0.1, -0.05) is 30.3 Å². The van der Waals surface area contributed by atoms with E-state index in [9.17, 15) is 4.79 Å². The van der Waals surface area contributed by atoms with Gasteiger partial charge in [0.25, 0.3) is 0 Å². The lowest BCUT2D eigenvalue weighted by molar-refractivity contribution is -0.132. The Morgan fingerprint density at radius 3 is 2.78 bits per heavy atom. The van der Waals surface area contributed by atoms with Crippen LogP contribution in [0.15, 0.2) is 41.9 Å². The normalized spacial score (nSPS) is 24.3. The summed E-state index contributed by atoms with van der Waals surface area (Å²) in [6.45, 7) is 3.57.